The molecule has 0 radical (unpaired) electrons. The molecule has 3 aliphatic rings. The molecule has 3 aromatic carbocycles. The second kappa shape index (κ2) is 10.2. The van der Waals surface area contributed by atoms with Gasteiger partial charge in [-0.15, -0.1) is 0 Å². The van der Waals surface area contributed by atoms with Gasteiger partial charge in [0.15, 0.2) is 0 Å². The summed E-state index contributed by atoms with van der Waals surface area (Å²) < 4.78 is 5.60. The summed E-state index contributed by atoms with van der Waals surface area (Å²) in [4.78, 5) is 38.8. The van der Waals surface area contributed by atoms with Crippen molar-refractivity contribution in [2.24, 2.45) is 5.73 Å². The van der Waals surface area contributed by atoms with Crippen LogP contribution in [0.2, 0.25) is 0 Å². The predicted octanol–water partition coefficient (Wildman–Crippen LogP) is 3.43. The van der Waals surface area contributed by atoms with Crippen molar-refractivity contribution in [3.05, 3.63) is 106 Å². The van der Waals surface area contributed by atoms with E-state index >= 15 is 0 Å². The van der Waals surface area contributed by atoms with E-state index in [1.165, 1.54) is 0 Å². The predicted molar refractivity (Wildman–Crippen MR) is 150 cm³/mol. The summed E-state index contributed by atoms with van der Waals surface area (Å²) in [5.41, 5.74) is 11.1. The van der Waals surface area contributed by atoms with Crippen LogP contribution in [0.1, 0.15) is 57.7 Å². The van der Waals surface area contributed by atoms with Crippen LogP contribution in [0, 0.1) is 0 Å². The van der Waals surface area contributed by atoms with Gasteiger partial charge in [0.1, 0.15) is 11.1 Å². The number of carbonyl (C=O) groups is 3. The fourth-order valence-corrected chi connectivity index (χ4v) is 6.72. The molecule has 0 saturated heterocycles. The average molecular weight is 539 g/mol. The lowest BCUT2D eigenvalue weighted by Gasteiger charge is -2.30. The first-order valence-corrected chi connectivity index (χ1v) is 14.0. The highest BCUT2D eigenvalue weighted by Gasteiger charge is 2.47. The Balaban J connectivity index is 1.09. The van der Waals surface area contributed by atoms with E-state index in [1.807, 2.05) is 66.7 Å². The van der Waals surface area contributed by atoms with E-state index in [1.54, 1.807) is 0 Å². The number of carboxylic acid groups (broad SMARTS) is 1. The van der Waals surface area contributed by atoms with Gasteiger partial charge in [0.2, 0.25) is 5.91 Å². The maximum absolute atomic E-state index is 13.4. The molecule has 3 aliphatic carbocycles. The summed E-state index contributed by atoms with van der Waals surface area (Å²) in [6.45, 7) is 0.189. The van der Waals surface area contributed by atoms with Crippen molar-refractivity contribution in [1.82, 2.24) is 5.32 Å². The van der Waals surface area contributed by atoms with Crippen molar-refractivity contribution in [2.45, 2.75) is 68.4 Å². The van der Waals surface area contributed by atoms with Gasteiger partial charge >= 0.3 is 11.9 Å². The number of ether oxygens (including phenoxy) is 1. The van der Waals surface area contributed by atoms with E-state index in [9.17, 15) is 19.5 Å². The van der Waals surface area contributed by atoms with Gasteiger partial charge in [0.05, 0.1) is 12.5 Å². The number of carbonyl (C=O) groups excluding carboxylic acids is 2. The number of carboxylic acids is 1. The Morgan fingerprint density at radius 2 is 1.52 bits per heavy atom. The number of rotatable bonds is 7. The highest BCUT2D eigenvalue weighted by Crippen LogP contribution is 2.36. The molecule has 0 aromatic heterocycles. The first kappa shape index (κ1) is 26.3. The van der Waals surface area contributed by atoms with E-state index in [-0.39, 0.29) is 31.3 Å². The van der Waals surface area contributed by atoms with Crippen molar-refractivity contribution >= 4 is 17.8 Å². The Kier molecular flexibility index (Phi) is 6.70. The standard InChI is InChI=1S/C33H34N2O5/c34-32(17-23-7-1-2-8-24(23)18-32)31(39)40-15-14-21-12-13-25-19-33(30(37)38,20-26(25)16-21)35-29(36)28-11-5-9-22-6-3-4-10-27(22)28/h1-4,6-8,10,12-13,16,28H,5,9,11,14-15,17-20,34H2,(H,35,36)(H,37,38)/t28-,33?/m1/s1. The van der Waals surface area contributed by atoms with Crippen LogP contribution in [0.25, 0.3) is 0 Å². The van der Waals surface area contributed by atoms with Gasteiger partial charge in [-0.1, -0.05) is 66.7 Å². The zero-order chi connectivity index (χ0) is 27.9. The lowest BCUT2D eigenvalue weighted by molar-refractivity contribution is -0.149. The minimum atomic E-state index is -1.37. The molecule has 0 aliphatic heterocycles. The topological polar surface area (TPSA) is 119 Å². The fraction of sp³-hybridized carbons (Fsp3) is 0.364. The van der Waals surface area contributed by atoms with Crippen molar-refractivity contribution in [1.29, 1.82) is 0 Å². The Morgan fingerprint density at radius 3 is 2.25 bits per heavy atom. The first-order chi connectivity index (χ1) is 19.3. The molecule has 6 rings (SSSR count). The number of hydrogen-bond acceptors (Lipinski definition) is 5. The van der Waals surface area contributed by atoms with Crippen LogP contribution >= 0.6 is 0 Å². The molecule has 0 spiro atoms. The van der Waals surface area contributed by atoms with Crippen LogP contribution < -0.4 is 11.1 Å². The van der Waals surface area contributed by atoms with Gasteiger partial charge in [-0.25, -0.2) is 4.79 Å². The summed E-state index contributed by atoms with van der Waals surface area (Å²) in [5, 5.41) is 13.2. The van der Waals surface area contributed by atoms with Gasteiger partial charge in [-0.3, -0.25) is 9.59 Å². The van der Waals surface area contributed by atoms with Crippen LogP contribution in [0.5, 0.6) is 0 Å². The number of hydrogen-bond donors (Lipinski definition) is 3. The number of esters is 1. The molecule has 1 amide bonds. The molecule has 0 bridgehead atoms. The molecular weight excluding hydrogens is 504 g/mol. The molecule has 40 heavy (non-hydrogen) atoms. The molecule has 0 saturated carbocycles. The van der Waals surface area contributed by atoms with Gasteiger partial charge < -0.3 is 20.9 Å². The largest absolute Gasteiger partial charge is 0.479 e. The van der Waals surface area contributed by atoms with Crippen LogP contribution in [0.15, 0.2) is 66.7 Å². The third kappa shape index (κ3) is 4.79. The van der Waals surface area contributed by atoms with Crippen LogP contribution in [-0.4, -0.2) is 40.6 Å². The smallest absolute Gasteiger partial charge is 0.330 e. The van der Waals surface area contributed by atoms with Crippen LogP contribution in [0.3, 0.4) is 0 Å². The van der Waals surface area contributed by atoms with Gasteiger partial charge in [-0.2, -0.15) is 0 Å². The van der Waals surface area contributed by atoms with Crippen molar-refractivity contribution < 1.29 is 24.2 Å². The van der Waals surface area contributed by atoms with Gasteiger partial charge in [-0.05, 0) is 58.2 Å². The zero-order valence-corrected chi connectivity index (χ0v) is 22.4. The Morgan fingerprint density at radius 1 is 0.875 bits per heavy atom. The number of amides is 1. The quantitative estimate of drug-likeness (QED) is 0.397. The molecule has 7 nitrogen and oxygen atoms in total. The van der Waals surface area contributed by atoms with E-state index in [0.29, 0.717) is 25.7 Å². The lowest BCUT2D eigenvalue weighted by Crippen LogP contribution is -2.56. The second-order valence-corrected chi connectivity index (χ2v) is 11.6. The maximum Gasteiger partial charge on any atom is 0.330 e. The molecule has 2 atom stereocenters. The number of aryl methyl sites for hydroxylation is 1. The molecule has 4 N–H and O–H groups in total. The lowest BCUT2D eigenvalue weighted by atomic mass is 9.81. The number of nitrogens with two attached hydrogens (primary N) is 1. The normalized spacial score (nSPS) is 22.1. The number of fused-ring (bicyclic) bond motifs is 3. The summed E-state index contributed by atoms with van der Waals surface area (Å²) in [7, 11) is 0. The Hall–Kier alpha value is -3.97. The monoisotopic (exact) mass is 538 g/mol. The zero-order valence-electron chi connectivity index (χ0n) is 22.4. The summed E-state index contributed by atoms with van der Waals surface area (Å²) in [5.74, 6) is -1.99. The van der Waals surface area contributed by atoms with Crippen molar-refractivity contribution in [3.8, 4) is 0 Å². The highest BCUT2D eigenvalue weighted by atomic mass is 16.5. The number of aliphatic carboxylic acids is 1. The number of nitrogens with one attached hydrogen (secondary N) is 1. The maximum atomic E-state index is 13.4. The van der Waals surface area contributed by atoms with Gasteiger partial charge in [0.25, 0.3) is 0 Å². The molecule has 7 heteroatoms. The van der Waals surface area contributed by atoms with Crippen LogP contribution in [0.4, 0.5) is 0 Å². The fourth-order valence-electron chi connectivity index (χ4n) is 6.72. The Labute approximate surface area is 233 Å². The third-order valence-electron chi connectivity index (χ3n) is 8.87. The van der Waals surface area contributed by atoms with Crippen molar-refractivity contribution in [3.63, 3.8) is 0 Å². The average Bonchev–Trinajstić information content (AvgIpc) is 3.50. The second-order valence-electron chi connectivity index (χ2n) is 11.6. The van der Waals surface area contributed by atoms with E-state index in [0.717, 1.165) is 51.8 Å². The molecule has 3 aromatic rings. The van der Waals surface area contributed by atoms with E-state index in [4.69, 9.17) is 10.5 Å². The minimum absolute atomic E-state index is 0.189. The molecule has 206 valence electrons. The van der Waals surface area contributed by atoms with E-state index < -0.39 is 23.0 Å². The SMILES string of the molecule is NC1(C(=O)OCCc2ccc3c(c2)CC(NC(=O)[C@@H]2CCCc4ccccc42)(C(=O)O)C3)Cc2ccccc2C1. The summed E-state index contributed by atoms with van der Waals surface area (Å²) in [6, 6.07) is 21.7. The van der Waals surface area contributed by atoms with Crippen LogP contribution in [-0.2, 0) is 57.6 Å². The number of benzene rings is 3. The summed E-state index contributed by atoms with van der Waals surface area (Å²) in [6.07, 6.45) is 4.44. The minimum Gasteiger partial charge on any atom is -0.479 e. The highest BCUT2D eigenvalue weighted by molar-refractivity contribution is 5.92. The molecule has 1 unspecified atom stereocenters. The van der Waals surface area contributed by atoms with Gasteiger partial charge in [0, 0.05) is 32.1 Å². The Bertz CT molecular complexity index is 1470. The molecule has 0 fully saturated rings. The van der Waals surface area contributed by atoms with E-state index in [2.05, 4.69) is 5.32 Å². The molecular formula is C33H34N2O5. The first-order valence-electron chi connectivity index (χ1n) is 14.0. The summed E-state index contributed by atoms with van der Waals surface area (Å²) >= 11 is 0. The third-order valence-corrected chi connectivity index (χ3v) is 8.87. The van der Waals surface area contributed by atoms with Crippen molar-refractivity contribution in [2.75, 3.05) is 6.61 Å². The molecule has 0 heterocycles.